The Morgan fingerprint density at radius 1 is 1.03 bits per heavy atom. The molecule has 1 aliphatic heterocycles. The third-order valence-electron chi connectivity index (χ3n) is 5.41. The van der Waals surface area contributed by atoms with Gasteiger partial charge in [0.05, 0.1) is 4.92 Å². The normalized spacial score (nSPS) is 14.5. The second-order valence-electron chi connectivity index (χ2n) is 7.62. The highest BCUT2D eigenvalue weighted by Gasteiger charge is 2.29. The van der Waals surface area contributed by atoms with E-state index in [2.05, 4.69) is 5.32 Å². The first-order valence-corrected chi connectivity index (χ1v) is 10.4. The number of carbonyl (C=O) groups excluding carboxylic acids is 3. The molecule has 0 aliphatic carbocycles. The van der Waals surface area contributed by atoms with Crippen molar-refractivity contribution in [1.29, 1.82) is 0 Å². The van der Waals surface area contributed by atoms with Crippen molar-refractivity contribution in [1.82, 2.24) is 10.2 Å². The van der Waals surface area contributed by atoms with Crippen molar-refractivity contribution in [2.75, 3.05) is 31.1 Å². The molecule has 0 bridgehead atoms. The monoisotopic (exact) mass is 457 g/mol. The number of carbonyl (C=O) groups is 3. The van der Waals surface area contributed by atoms with Gasteiger partial charge in [0.2, 0.25) is 11.8 Å². The summed E-state index contributed by atoms with van der Waals surface area (Å²) in [5, 5.41) is 13.4. The maximum Gasteiger partial charge on any atom is 0.269 e. The lowest BCUT2D eigenvalue weighted by Crippen LogP contribution is -2.55. The fraction of sp³-hybridized carbons (Fsp3) is 0.318. The summed E-state index contributed by atoms with van der Waals surface area (Å²) in [5.74, 6) is -1.97. The molecule has 11 heteroatoms. The zero-order chi connectivity index (χ0) is 24.0. The maximum atomic E-state index is 13.1. The highest BCUT2D eigenvalue weighted by molar-refractivity contribution is 5.97. The molecule has 3 N–H and O–H groups in total. The number of rotatable bonds is 8. The third-order valence-corrected chi connectivity index (χ3v) is 5.41. The number of hydrogen-bond donors (Lipinski definition) is 2. The predicted octanol–water partition coefficient (Wildman–Crippen LogP) is 1.45. The Labute approximate surface area is 189 Å². The first-order chi connectivity index (χ1) is 15.7. The second-order valence-corrected chi connectivity index (χ2v) is 7.62. The number of piperazine rings is 1. The summed E-state index contributed by atoms with van der Waals surface area (Å²) in [6, 6.07) is 10.1. The number of nitrogens with one attached hydrogen (secondary N) is 1. The molecule has 1 saturated heterocycles. The van der Waals surface area contributed by atoms with Crippen LogP contribution in [-0.2, 0) is 9.59 Å². The van der Waals surface area contributed by atoms with Crippen LogP contribution in [0, 0.1) is 15.9 Å². The van der Waals surface area contributed by atoms with Crippen molar-refractivity contribution in [3.05, 3.63) is 70.0 Å². The van der Waals surface area contributed by atoms with Gasteiger partial charge in [-0.25, -0.2) is 4.39 Å². The number of nitro groups is 1. The molecule has 174 valence electrons. The van der Waals surface area contributed by atoms with Gasteiger partial charge < -0.3 is 20.9 Å². The van der Waals surface area contributed by atoms with Crippen molar-refractivity contribution < 1.29 is 23.7 Å². The Hall–Kier alpha value is -4.02. The lowest BCUT2D eigenvalue weighted by Gasteiger charge is -2.37. The van der Waals surface area contributed by atoms with Crippen LogP contribution in [0.5, 0.6) is 0 Å². The van der Waals surface area contributed by atoms with Crippen molar-refractivity contribution in [3.8, 4) is 0 Å². The number of non-ortho nitro benzene ring substituents is 1. The van der Waals surface area contributed by atoms with Crippen molar-refractivity contribution >= 4 is 29.1 Å². The molecule has 1 aliphatic rings. The lowest BCUT2D eigenvalue weighted by atomic mass is 10.1. The summed E-state index contributed by atoms with van der Waals surface area (Å²) in [6.07, 6.45) is -0.0352. The van der Waals surface area contributed by atoms with E-state index in [9.17, 15) is 28.9 Å². The molecule has 1 atom stereocenters. The fourth-order valence-electron chi connectivity index (χ4n) is 3.58. The molecule has 1 heterocycles. The highest BCUT2D eigenvalue weighted by Crippen LogP contribution is 2.21. The maximum absolute atomic E-state index is 13.1. The molecule has 0 saturated carbocycles. The zero-order valence-electron chi connectivity index (χ0n) is 17.8. The number of primary amides is 1. The van der Waals surface area contributed by atoms with Gasteiger partial charge in [0.25, 0.3) is 11.6 Å². The van der Waals surface area contributed by atoms with Gasteiger partial charge in [-0.05, 0) is 42.8 Å². The molecule has 2 aromatic rings. The third kappa shape index (κ3) is 6.25. The number of hydrogen-bond acceptors (Lipinski definition) is 6. The van der Waals surface area contributed by atoms with Crippen LogP contribution in [0.2, 0.25) is 0 Å². The van der Waals surface area contributed by atoms with Gasteiger partial charge in [-0.15, -0.1) is 0 Å². The van der Waals surface area contributed by atoms with Gasteiger partial charge in [-0.3, -0.25) is 24.5 Å². The second kappa shape index (κ2) is 10.5. The molecule has 0 radical (unpaired) electrons. The van der Waals surface area contributed by atoms with Gasteiger partial charge in [-0.1, -0.05) is 0 Å². The van der Waals surface area contributed by atoms with Crippen LogP contribution in [0.15, 0.2) is 48.5 Å². The van der Waals surface area contributed by atoms with Crippen molar-refractivity contribution in [3.63, 3.8) is 0 Å². The Balaban J connectivity index is 1.63. The molecule has 1 fully saturated rings. The Bertz CT molecular complexity index is 1020. The summed E-state index contributed by atoms with van der Waals surface area (Å²) in [4.78, 5) is 50.8. The first kappa shape index (κ1) is 23.6. The summed E-state index contributed by atoms with van der Waals surface area (Å²) >= 11 is 0. The quantitative estimate of drug-likeness (QED) is 0.454. The Kier molecular flexibility index (Phi) is 7.54. The van der Waals surface area contributed by atoms with Crippen molar-refractivity contribution in [2.24, 2.45) is 5.73 Å². The van der Waals surface area contributed by atoms with Gasteiger partial charge >= 0.3 is 0 Å². The minimum Gasteiger partial charge on any atom is -0.370 e. The summed E-state index contributed by atoms with van der Waals surface area (Å²) < 4.78 is 13.1. The van der Waals surface area contributed by atoms with E-state index in [4.69, 9.17) is 5.73 Å². The van der Waals surface area contributed by atoms with Crippen LogP contribution in [0.1, 0.15) is 23.2 Å². The van der Waals surface area contributed by atoms with E-state index in [0.717, 1.165) is 17.8 Å². The molecule has 0 spiro atoms. The van der Waals surface area contributed by atoms with Crippen LogP contribution in [0.25, 0.3) is 0 Å². The molecule has 3 amide bonds. The van der Waals surface area contributed by atoms with Crippen LogP contribution in [-0.4, -0.2) is 59.8 Å². The number of nitrogens with zero attached hydrogens (tertiary/aromatic N) is 3. The van der Waals surface area contributed by atoms with E-state index in [1.165, 1.54) is 24.3 Å². The molecule has 3 rings (SSSR count). The van der Waals surface area contributed by atoms with Crippen LogP contribution < -0.4 is 16.0 Å². The van der Waals surface area contributed by atoms with Crippen LogP contribution >= 0.6 is 0 Å². The van der Waals surface area contributed by atoms with E-state index in [1.807, 2.05) is 4.90 Å². The van der Waals surface area contributed by atoms with Gasteiger partial charge in [0, 0.05) is 56.0 Å². The standard InChI is InChI=1S/C22H24FN5O5/c23-16-3-1-15(2-4-16)21(30)25-19(9-10-20(24)29)22(31)27-13-11-26(12-14-27)17-5-7-18(8-6-17)28(32)33/h1-8,19H,9-14H2,(H2,24,29)(H,25,30)/t19-/m0/s1. The summed E-state index contributed by atoms with van der Waals surface area (Å²) in [5.41, 5.74) is 6.22. The number of amides is 3. The fourth-order valence-corrected chi connectivity index (χ4v) is 3.58. The number of halogens is 1. The molecule has 0 unspecified atom stereocenters. The number of anilines is 1. The Morgan fingerprint density at radius 2 is 1.64 bits per heavy atom. The van der Waals surface area contributed by atoms with E-state index in [1.54, 1.807) is 17.0 Å². The van der Waals surface area contributed by atoms with E-state index in [0.29, 0.717) is 26.2 Å². The van der Waals surface area contributed by atoms with E-state index < -0.39 is 28.6 Å². The SMILES string of the molecule is NC(=O)CC[C@H](NC(=O)c1ccc(F)cc1)C(=O)N1CCN(c2ccc([N+](=O)[O-])cc2)CC1. The molecule has 2 aromatic carbocycles. The van der Waals surface area contributed by atoms with Gasteiger partial charge in [0.1, 0.15) is 11.9 Å². The predicted molar refractivity (Wildman–Crippen MR) is 118 cm³/mol. The van der Waals surface area contributed by atoms with E-state index >= 15 is 0 Å². The molecule has 0 aromatic heterocycles. The number of benzene rings is 2. The van der Waals surface area contributed by atoms with Crippen molar-refractivity contribution in [2.45, 2.75) is 18.9 Å². The summed E-state index contributed by atoms with van der Waals surface area (Å²) in [7, 11) is 0. The van der Waals surface area contributed by atoms with E-state index in [-0.39, 0.29) is 30.0 Å². The largest absolute Gasteiger partial charge is 0.370 e. The number of nitrogens with two attached hydrogens (primary N) is 1. The first-order valence-electron chi connectivity index (χ1n) is 10.4. The average molecular weight is 457 g/mol. The minimum absolute atomic E-state index is 0.00162. The molecule has 33 heavy (non-hydrogen) atoms. The van der Waals surface area contributed by atoms with Crippen LogP contribution in [0.3, 0.4) is 0 Å². The zero-order valence-corrected chi connectivity index (χ0v) is 17.8. The van der Waals surface area contributed by atoms with Gasteiger partial charge in [-0.2, -0.15) is 0 Å². The smallest absolute Gasteiger partial charge is 0.269 e. The molecule has 10 nitrogen and oxygen atoms in total. The average Bonchev–Trinajstić information content (AvgIpc) is 2.81. The highest BCUT2D eigenvalue weighted by atomic mass is 19.1. The molecular weight excluding hydrogens is 433 g/mol. The molecular formula is C22H24FN5O5. The van der Waals surface area contributed by atoms with Gasteiger partial charge in [0.15, 0.2) is 0 Å². The topological polar surface area (TPSA) is 139 Å². The number of nitro benzene ring substituents is 1. The van der Waals surface area contributed by atoms with Crippen LogP contribution in [0.4, 0.5) is 15.8 Å². The minimum atomic E-state index is -0.957. The Morgan fingerprint density at radius 3 is 2.18 bits per heavy atom. The lowest BCUT2D eigenvalue weighted by molar-refractivity contribution is -0.384. The summed E-state index contributed by atoms with van der Waals surface area (Å²) in [6.45, 7) is 1.74.